The first-order valence-electron chi connectivity index (χ1n) is 5.80. The van der Waals surface area contributed by atoms with Crippen molar-refractivity contribution in [2.75, 3.05) is 13.2 Å². The third-order valence-electron chi connectivity index (χ3n) is 3.21. The van der Waals surface area contributed by atoms with Gasteiger partial charge in [0.05, 0.1) is 11.9 Å². The third kappa shape index (κ3) is 3.45. The van der Waals surface area contributed by atoms with Gasteiger partial charge in [-0.3, -0.25) is 0 Å². The molecule has 1 aromatic rings. The topological polar surface area (TPSA) is 69.4 Å². The van der Waals surface area contributed by atoms with E-state index in [-0.39, 0.29) is 5.92 Å². The lowest BCUT2D eigenvalue weighted by molar-refractivity contribution is 0.0572. The fourth-order valence-electron chi connectivity index (χ4n) is 2.37. The Bertz CT molecular complexity index is 518. The van der Waals surface area contributed by atoms with E-state index in [1.807, 2.05) is 18.2 Å². The molecule has 1 aromatic carbocycles. The molecule has 1 aliphatic rings. The van der Waals surface area contributed by atoms with Crippen molar-refractivity contribution in [1.29, 1.82) is 0 Å². The summed E-state index contributed by atoms with van der Waals surface area (Å²) >= 11 is 5.91. The number of hydrogen-bond acceptors (Lipinski definition) is 3. The van der Waals surface area contributed by atoms with Crippen LogP contribution >= 0.6 is 11.6 Å². The predicted octanol–water partition coefficient (Wildman–Crippen LogP) is 1.58. The minimum atomic E-state index is -3.52. The smallest absolute Gasteiger partial charge is 0.212 e. The van der Waals surface area contributed by atoms with Gasteiger partial charge in [-0.15, -0.1) is 0 Å². The fourth-order valence-corrected chi connectivity index (χ4v) is 3.72. The number of halogens is 1. The highest BCUT2D eigenvalue weighted by atomic mass is 35.5. The van der Waals surface area contributed by atoms with Crippen LogP contribution in [0, 0.1) is 5.92 Å². The molecule has 0 bridgehead atoms. The van der Waals surface area contributed by atoms with Gasteiger partial charge in [-0.1, -0.05) is 23.7 Å². The van der Waals surface area contributed by atoms with Gasteiger partial charge in [0.1, 0.15) is 0 Å². The second kappa shape index (κ2) is 5.57. The van der Waals surface area contributed by atoms with Crippen molar-refractivity contribution >= 4 is 21.6 Å². The normalized spacial score (nSPS) is 25.0. The van der Waals surface area contributed by atoms with E-state index in [1.165, 1.54) is 0 Å². The number of benzene rings is 1. The number of rotatable bonds is 3. The molecule has 4 nitrogen and oxygen atoms in total. The summed E-state index contributed by atoms with van der Waals surface area (Å²) in [5.41, 5.74) is 1.01. The standard InChI is InChI=1S/C12H16ClNO3S/c13-11-3-1-2-9(7-11)6-10-8-17-5-4-12(10)18(14,15)16/h1-3,7,10,12H,4-6,8H2,(H2,14,15,16)/t10-,12-/m1/s1. The number of hydrogen-bond donors (Lipinski definition) is 1. The van der Waals surface area contributed by atoms with Gasteiger partial charge in [-0.05, 0) is 30.5 Å². The molecule has 0 unspecified atom stereocenters. The summed E-state index contributed by atoms with van der Waals surface area (Å²) in [6, 6.07) is 7.42. The Kier molecular flexibility index (Phi) is 4.27. The average Bonchev–Trinajstić information content (AvgIpc) is 2.28. The lowest BCUT2D eigenvalue weighted by atomic mass is 9.94. The van der Waals surface area contributed by atoms with Crippen LogP contribution in [0.4, 0.5) is 0 Å². The van der Waals surface area contributed by atoms with Crippen LogP contribution in [0.1, 0.15) is 12.0 Å². The number of sulfonamides is 1. The maximum absolute atomic E-state index is 11.6. The van der Waals surface area contributed by atoms with Crippen molar-refractivity contribution in [2.24, 2.45) is 11.1 Å². The van der Waals surface area contributed by atoms with Crippen LogP contribution in [0.25, 0.3) is 0 Å². The van der Waals surface area contributed by atoms with Gasteiger partial charge in [-0.25, -0.2) is 13.6 Å². The van der Waals surface area contributed by atoms with Crippen LogP contribution in [-0.4, -0.2) is 26.9 Å². The predicted molar refractivity (Wildman–Crippen MR) is 71.0 cm³/mol. The van der Waals surface area contributed by atoms with Crippen LogP contribution in [-0.2, 0) is 21.2 Å². The van der Waals surface area contributed by atoms with E-state index in [0.717, 1.165) is 5.56 Å². The van der Waals surface area contributed by atoms with Gasteiger partial charge >= 0.3 is 0 Å². The molecule has 2 N–H and O–H groups in total. The highest BCUT2D eigenvalue weighted by molar-refractivity contribution is 7.89. The molecule has 0 spiro atoms. The Labute approximate surface area is 112 Å². The second-order valence-electron chi connectivity index (χ2n) is 4.59. The molecule has 0 aromatic heterocycles. The molecule has 1 fully saturated rings. The zero-order valence-electron chi connectivity index (χ0n) is 9.88. The fraction of sp³-hybridized carbons (Fsp3) is 0.500. The van der Waals surface area contributed by atoms with Crippen LogP contribution in [0.15, 0.2) is 24.3 Å². The molecule has 2 atom stereocenters. The van der Waals surface area contributed by atoms with Gasteiger partial charge in [0, 0.05) is 17.5 Å². The molecule has 1 aliphatic heterocycles. The van der Waals surface area contributed by atoms with E-state index in [9.17, 15) is 8.42 Å². The number of nitrogens with two attached hydrogens (primary N) is 1. The first-order valence-corrected chi connectivity index (χ1v) is 7.79. The Hall–Kier alpha value is -0.620. The van der Waals surface area contributed by atoms with Crippen molar-refractivity contribution in [2.45, 2.75) is 18.1 Å². The molecular formula is C12H16ClNO3S. The molecule has 0 amide bonds. The summed E-state index contributed by atoms with van der Waals surface area (Å²) in [5, 5.41) is 5.40. The summed E-state index contributed by atoms with van der Waals surface area (Å²) in [4.78, 5) is 0. The van der Waals surface area contributed by atoms with E-state index in [1.54, 1.807) is 6.07 Å². The molecule has 2 rings (SSSR count). The Morgan fingerprint density at radius 1 is 1.44 bits per heavy atom. The minimum Gasteiger partial charge on any atom is -0.381 e. The minimum absolute atomic E-state index is 0.104. The summed E-state index contributed by atoms with van der Waals surface area (Å²) in [7, 11) is -3.52. The quantitative estimate of drug-likeness (QED) is 0.918. The van der Waals surface area contributed by atoms with Crippen molar-refractivity contribution in [3.8, 4) is 0 Å². The maximum Gasteiger partial charge on any atom is 0.212 e. The molecule has 6 heteroatoms. The Morgan fingerprint density at radius 2 is 2.22 bits per heavy atom. The lowest BCUT2D eigenvalue weighted by Gasteiger charge is -2.29. The van der Waals surface area contributed by atoms with E-state index in [0.29, 0.717) is 31.1 Å². The van der Waals surface area contributed by atoms with E-state index in [2.05, 4.69) is 0 Å². The van der Waals surface area contributed by atoms with Crippen LogP contribution in [0.5, 0.6) is 0 Å². The Morgan fingerprint density at radius 3 is 2.89 bits per heavy atom. The highest BCUT2D eigenvalue weighted by Crippen LogP contribution is 2.25. The molecule has 1 saturated heterocycles. The summed E-state index contributed by atoms with van der Waals surface area (Å²) < 4.78 is 28.5. The molecule has 100 valence electrons. The first kappa shape index (κ1) is 13.8. The molecule has 0 aliphatic carbocycles. The van der Waals surface area contributed by atoms with E-state index in [4.69, 9.17) is 21.5 Å². The van der Waals surface area contributed by atoms with Crippen molar-refractivity contribution in [3.05, 3.63) is 34.9 Å². The van der Waals surface area contributed by atoms with Crippen molar-refractivity contribution in [1.82, 2.24) is 0 Å². The van der Waals surface area contributed by atoms with Gasteiger partial charge in [-0.2, -0.15) is 0 Å². The number of ether oxygens (including phenoxy) is 1. The molecule has 1 heterocycles. The summed E-state index contributed by atoms with van der Waals surface area (Å²) in [6.07, 6.45) is 1.08. The average molecular weight is 290 g/mol. The van der Waals surface area contributed by atoms with E-state index >= 15 is 0 Å². The lowest BCUT2D eigenvalue weighted by Crippen LogP contribution is -2.42. The largest absolute Gasteiger partial charge is 0.381 e. The van der Waals surface area contributed by atoms with E-state index < -0.39 is 15.3 Å². The zero-order valence-corrected chi connectivity index (χ0v) is 11.5. The van der Waals surface area contributed by atoms with Gasteiger partial charge < -0.3 is 4.74 Å². The van der Waals surface area contributed by atoms with Gasteiger partial charge in [0.25, 0.3) is 0 Å². The van der Waals surface area contributed by atoms with Crippen LogP contribution < -0.4 is 5.14 Å². The maximum atomic E-state index is 11.6. The van der Waals surface area contributed by atoms with Crippen LogP contribution in [0.2, 0.25) is 5.02 Å². The second-order valence-corrected chi connectivity index (χ2v) is 6.81. The summed E-state index contributed by atoms with van der Waals surface area (Å²) in [5.74, 6) is -0.104. The first-order chi connectivity index (χ1) is 8.47. The summed E-state index contributed by atoms with van der Waals surface area (Å²) in [6.45, 7) is 0.876. The van der Waals surface area contributed by atoms with Gasteiger partial charge in [0.15, 0.2) is 0 Å². The number of primary sulfonamides is 1. The highest BCUT2D eigenvalue weighted by Gasteiger charge is 2.33. The molecular weight excluding hydrogens is 274 g/mol. The Balaban J connectivity index is 2.15. The molecule has 0 radical (unpaired) electrons. The zero-order chi connectivity index (χ0) is 13.2. The third-order valence-corrected chi connectivity index (χ3v) is 4.91. The van der Waals surface area contributed by atoms with Crippen molar-refractivity contribution in [3.63, 3.8) is 0 Å². The molecule has 0 saturated carbocycles. The monoisotopic (exact) mass is 289 g/mol. The molecule has 18 heavy (non-hydrogen) atoms. The van der Waals surface area contributed by atoms with Gasteiger partial charge in [0.2, 0.25) is 10.0 Å². The van der Waals surface area contributed by atoms with Crippen LogP contribution in [0.3, 0.4) is 0 Å². The SMILES string of the molecule is NS(=O)(=O)[C@@H]1CCOC[C@H]1Cc1cccc(Cl)c1. The van der Waals surface area contributed by atoms with Crippen molar-refractivity contribution < 1.29 is 13.2 Å².